The summed E-state index contributed by atoms with van der Waals surface area (Å²) >= 11 is 0. The Kier molecular flexibility index (Phi) is 10.8. The molecule has 0 unspecified atom stereocenters. The van der Waals surface area contributed by atoms with Crippen LogP contribution in [0.4, 0.5) is 0 Å². The zero-order chi connectivity index (χ0) is 16.3. The molecule has 0 aliphatic heterocycles. The number of carboxylic acid groups (broad SMARTS) is 3. The zero-order valence-electron chi connectivity index (χ0n) is 11.0. The van der Waals surface area contributed by atoms with Gasteiger partial charge in [0.2, 0.25) is 0 Å². The van der Waals surface area contributed by atoms with Crippen LogP contribution < -0.4 is 0 Å². The predicted octanol–water partition coefficient (Wildman–Crippen LogP) is -0.136. The molecule has 114 valence electrons. The average Bonchev–Trinajstić information content (AvgIpc) is 2.33. The highest BCUT2D eigenvalue weighted by Gasteiger charge is 2.18. The summed E-state index contributed by atoms with van der Waals surface area (Å²) in [4.78, 5) is 30.8. The zero-order valence-corrected chi connectivity index (χ0v) is 11.0. The van der Waals surface area contributed by atoms with Crippen LogP contribution in [0.5, 0.6) is 0 Å². The Labute approximate surface area is 115 Å². The van der Waals surface area contributed by atoms with Crippen LogP contribution in [0, 0.1) is 0 Å². The molecule has 0 heterocycles. The van der Waals surface area contributed by atoms with E-state index in [4.69, 9.17) is 25.5 Å². The SMILES string of the molecule is C=C(C)C(=O)O.O=C(O)C(CCO)=C(CCO)C(=O)O. The first kappa shape index (κ1) is 20.1. The van der Waals surface area contributed by atoms with E-state index in [-0.39, 0.29) is 29.6 Å². The van der Waals surface area contributed by atoms with E-state index in [1.807, 2.05) is 0 Å². The molecule has 0 aromatic rings. The Morgan fingerprint density at radius 1 is 0.800 bits per heavy atom. The predicted molar refractivity (Wildman–Crippen MR) is 68.2 cm³/mol. The van der Waals surface area contributed by atoms with Crippen molar-refractivity contribution >= 4 is 17.9 Å². The molecule has 0 atom stereocenters. The Morgan fingerprint density at radius 2 is 1.05 bits per heavy atom. The van der Waals surface area contributed by atoms with Crippen molar-refractivity contribution < 1.29 is 39.9 Å². The minimum absolute atomic E-state index is 0.176. The average molecular weight is 290 g/mol. The molecule has 0 bridgehead atoms. The standard InChI is InChI=1S/C8H12O6.C4H6O2/c9-3-1-5(7(11)12)6(2-4-10)8(13)14;1-3(2)4(5)6/h9-10H,1-4H2,(H,11,12)(H,13,14);1H2,2H3,(H,5,6). The maximum absolute atomic E-state index is 10.6. The van der Waals surface area contributed by atoms with Crippen LogP contribution in [-0.2, 0) is 14.4 Å². The summed E-state index contributed by atoms with van der Waals surface area (Å²) in [6, 6.07) is 0. The van der Waals surface area contributed by atoms with Gasteiger partial charge >= 0.3 is 17.9 Å². The van der Waals surface area contributed by atoms with E-state index in [1.165, 1.54) is 6.92 Å². The lowest BCUT2D eigenvalue weighted by Crippen LogP contribution is -2.13. The van der Waals surface area contributed by atoms with Crippen LogP contribution in [0.1, 0.15) is 19.8 Å². The van der Waals surface area contributed by atoms with Gasteiger partial charge < -0.3 is 25.5 Å². The minimum atomic E-state index is -1.38. The molecule has 0 fully saturated rings. The van der Waals surface area contributed by atoms with Crippen LogP contribution >= 0.6 is 0 Å². The summed E-state index contributed by atoms with van der Waals surface area (Å²) in [7, 11) is 0. The van der Waals surface area contributed by atoms with Crippen molar-refractivity contribution in [1.82, 2.24) is 0 Å². The van der Waals surface area contributed by atoms with Crippen molar-refractivity contribution in [3.05, 3.63) is 23.3 Å². The van der Waals surface area contributed by atoms with Gasteiger partial charge in [0, 0.05) is 42.8 Å². The lowest BCUT2D eigenvalue weighted by molar-refractivity contribution is -0.136. The minimum Gasteiger partial charge on any atom is -0.478 e. The van der Waals surface area contributed by atoms with E-state index < -0.39 is 31.1 Å². The summed E-state index contributed by atoms with van der Waals surface area (Å²) in [5, 5.41) is 42.2. The third-order valence-corrected chi connectivity index (χ3v) is 1.97. The fourth-order valence-corrected chi connectivity index (χ4v) is 0.997. The molecule has 0 aliphatic rings. The maximum Gasteiger partial charge on any atom is 0.332 e. The van der Waals surface area contributed by atoms with E-state index in [0.29, 0.717) is 0 Å². The highest BCUT2D eigenvalue weighted by Crippen LogP contribution is 2.13. The van der Waals surface area contributed by atoms with Crippen molar-refractivity contribution in [2.24, 2.45) is 0 Å². The Bertz CT molecular complexity index is 370. The number of carbonyl (C=O) groups is 3. The van der Waals surface area contributed by atoms with Gasteiger partial charge in [0.05, 0.1) is 0 Å². The van der Waals surface area contributed by atoms with Crippen LogP contribution in [0.15, 0.2) is 23.3 Å². The first-order valence-electron chi connectivity index (χ1n) is 5.48. The van der Waals surface area contributed by atoms with Gasteiger partial charge in [-0.1, -0.05) is 6.58 Å². The van der Waals surface area contributed by atoms with Crippen LogP contribution in [0.3, 0.4) is 0 Å². The molecule has 0 rings (SSSR count). The van der Waals surface area contributed by atoms with Crippen molar-refractivity contribution in [3.63, 3.8) is 0 Å². The second-order valence-corrected chi connectivity index (χ2v) is 3.60. The summed E-state index contributed by atoms with van der Waals surface area (Å²) in [5.74, 6) is -3.70. The lowest BCUT2D eigenvalue weighted by atomic mass is 10.0. The third kappa shape index (κ3) is 8.84. The molecule has 20 heavy (non-hydrogen) atoms. The summed E-state index contributed by atoms with van der Waals surface area (Å²) in [6.45, 7) is 3.72. The van der Waals surface area contributed by atoms with Crippen molar-refractivity contribution in [2.45, 2.75) is 19.8 Å². The van der Waals surface area contributed by atoms with Crippen LogP contribution in [0.25, 0.3) is 0 Å². The fraction of sp³-hybridized carbons (Fsp3) is 0.417. The second kappa shape index (κ2) is 10.7. The topological polar surface area (TPSA) is 152 Å². The molecular formula is C12H18O8. The van der Waals surface area contributed by atoms with Gasteiger partial charge in [-0.3, -0.25) is 0 Å². The Balaban J connectivity index is 0. The second-order valence-electron chi connectivity index (χ2n) is 3.60. The van der Waals surface area contributed by atoms with Crippen molar-refractivity contribution in [1.29, 1.82) is 0 Å². The maximum atomic E-state index is 10.6. The molecule has 0 aliphatic carbocycles. The van der Waals surface area contributed by atoms with E-state index >= 15 is 0 Å². The van der Waals surface area contributed by atoms with Gasteiger partial charge in [0.15, 0.2) is 0 Å². The molecule has 0 radical (unpaired) electrons. The highest BCUT2D eigenvalue weighted by molar-refractivity contribution is 5.98. The van der Waals surface area contributed by atoms with E-state index in [2.05, 4.69) is 6.58 Å². The van der Waals surface area contributed by atoms with Gasteiger partial charge in [0.1, 0.15) is 0 Å². The lowest BCUT2D eigenvalue weighted by Gasteiger charge is -2.05. The first-order chi connectivity index (χ1) is 9.18. The Morgan fingerprint density at radius 3 is 1.15 bits per heavy atom. The summed E-state index contributed by atoms with van der Waals surface area (Å²) in [5.41, 5.74) is -0.557. The molecule has 0 aromatic heterocycles. The van der Waals surface area contributed by atoms with Gasteiger partial charge in [0.25, 0.3) is 0 Å². The normalized spacial score (nSPS) is 10.8. The third-order valence-electron chi connectivity index (χ3n) is 1.97. The molecule has 8 heteroatoms. The number of hydrogen-bond acceptors (Lipinski definition) is 5. The highest BCUT2D eigenvalue weighted by atomic mass is 16.4. The van der Waals surface area contributed by atoms with Gasteiger partial charge in [-0.15, -0.1) is 0 Å². The molecule has 0 saturated heterocycles. The quantitative estimate of drug-likeness (QED) is 0.406. The van der Waals surface area contributed by atoms with Gasteiger partial charge in [-0.05, 0) is 6.92 Å². The molecule has 0 spiro atoms. The van der Waals surface area contributed by atoms with E-state index in [0.717, 1.165) is 0 Å². The van der Waals surface area contributed by atoms with Gasteiger partial charge in [-0.25, -0.2) is 14.4 Å². The van der Waals surface area contributed by atoms with Crippen LogP contribution in [-0.4, -0.2) is 56.7 Å². The smallest absolute Gasteiger partial charge is 0.332 e. The van der Waals surface area contributed by atoms with Crippen LogP contribution in [0.2, 0.25) is 0 Å². The van der Waals surface area contributed by atoms with Gasteiger partial charge in [-0.2, -0.15) is 0 Å². The summed E-state index contributed by atoms with van der Waals surface area (Å²) in [6.07, 6.45) is -0.478. The summed E-state index contributed by atoms with van der Waals surface area (Å²) < 4.78 is 0. The number of aliphatic carboxylic acids is 3. The molecular weight excluding hydrogens is 272 g/mol. The number of rotatable bonds is 7. The molecule has 0 amide bonds. The Hall–Kier alpha value is -2.19. The monoisotopic (exact) mass is 290 g/mol. The largest absolute Gasteiger partial charge is 0.478 e. The number of aliphatic hydroxyl groups excluding tert-OH is 2. The molecule has 8 nitrogen and oxygen atoms in total. The molecule has 5 N–H and O–H groups in total. The van der Waals surface area contributed by atoms with Crippen molar-refractivity contribution in [3.8, 4) is 0 Å². The first-order valence-corrected chi connectivity index (χ1v) is 5.48. The fourth-order valence-electron chi connectivity index (χ4n) is 0.997. The number of carboxylic acids is 3. The van der Waals surface area contributed by atoms with Crippen molar-refractivity contribution in [2.75, 3.05) is 13.2 Å². The number of hydrogen-bond donors (Lipinski definition) is 5. The van der Waals surface area contributed by atoms with E-state index in [9.17, 15) is 14.4 Å². The van der Waals surface area contributed by atoms with E-state index in [1.54, 1.807) is 0 Å². The molecule has 0 saturated carbocycles. The molecule has 0 aromatic carbocycles. The number of aliphatic hydroxyl groups is 2.